The Morgan fingerprint density at radius 3 is 2.79 bits per heavy atom. The highest BCUT2D eigenvalue weighted by atomic mass is 19.1. The van der Waals surface area contributed by atoms with E-state index < -0.39 is 11.6 Å². The third-order valence-electron chi connectivity index (χ3n) is 1.75. The SMILES string of the molecule is CC(C#N)CNc1ccc(F)cc1F. The molecular formula is C10H10F2N2. The molecule has 0 aliphatic carbocycles. The van der Waals surface area contributed by atoms with Crippen LogP contribution in [0.5, 0.6) is 0 Å². The van der Waals surface area contributed by atoms with E-state index in [0.29, 0.717) is 6.54 Å². The van der Waals surface area contributed by atoms with Gasteiger partial charge in [0.15, 0.2) is 0 Å². The van der Waals surface area contributed by atoms with Gasteiger partial charge in [-0.25, -0.2) is 8.78 Å². The summed E-state index contributed by atoms with van der Waals surface area (Å²) >= 11 is 0. The molecule has 0 saturated heterocycles. The smallest absolute Gasteiger partial charge is 0.149 e. The molecule has 1 rings (SSSR count). The molecule has 1 atom stereocenters. The Bertz CT molecular complexity index is 358. The Kier molecular flexibility index (Phi) is 3.41. The molecule has 0 aliphatic rings. The van der Waals surface area contributed by atoms with E-state index >= 15 is 0 Å². The first kappa shape index (κ1) is 10.5. The summed E-state index contributed by atoms with van der Waals surface area (Å²) in [6, 6.07) is 5.30. The summed E-state index contributed by atoms with van der Waals surface area (Å²) in [6.45, 7) is 2.06. The highest BCUT2D eigenvalue weighted by molar-refractivity contribution is 5.44. The molecule has 14 heavy (non-hydrogen) atoms. The topological polar surface area (TPSA) is 35.8 Å². The Hall–Kier alpha value is -1.63. The molecule has 4 heteroatoms. The Morgan fingerprint density at radius 2 is 2.21 bits per heavy atom. The van der Waals surface area contributed by atoms with Gasteiger partial charge in [-0.05, 0) is 19.1 Å². The van der Waals surface area contributed by atoms with Gasteiger partial charge in [0.05, 0.1) is 17.7 Å². The molecule has 0 aromatic heterocycles. The van der Waals surface area contributed by atoms with Gasteiger partial charge in [-0.2, -0.15) is 5.26 Å². The number of benzene rings is 1. The summed E-state index contributed by atoms with van der Waals surface area (Å²) in [4.78, 5) is 0. The van der Waals surface area contributed by atoms with E-state index in [1.807, 2.05) is 6.07 Å². The average Bonchev–Trinajstić information content (AvgIpc) is 2.16. The van der Waals surface area contributed by atoms with Crippen molar-refractivity contribution in [2.75, 3.05) is 11.9 Å². The van der Waals surface area contributed by atoms with Crippen LogP contribution >= 0.6 is 0 Å². The van der Waals surface area contributed by atoms with Gasteiger partial charge in [0.25, 0.3) is 0 Å². The minimum Gasteiger partial charge on any atom is -0.381 e. The van der Waals surface area contributed by atoms with Crippen molar-refractivity contribution in [3.63, 3.8) is 0 Å². The lowest BCUT2D eigenvalue weighted by Crippen LogP contribution is -2.10. The molecule has 1 unspecified atom stereocenters. The van der Waals surface area contributed by atoms with Crippen LogP contribution in [0, 0.1) is 28.9 Å². The maximum Gasteiger partial charge on any atom is 0.149 e. The van der Waals surface area contributed by atoms with Crippen molar-refractivity contribution in [2.24, 2.45) is 5.92 Å². The highest BCUT2D eigenvalue weighted by Crippen LogP contribution is 2.15. The maximum atomic E-state index is 13.0. The molecular weight excluding hydrogens is 186 g/mol. The third kappa shape index (κ3) is 2.70. The van der Waals surface area contributed by atoms with Gasteiger partial charge in [-0.15, -0.1) is 0 Å². The van der Waals surface area contributed by atoms with Crippen LogP contribution in [0.3, 0.4) is 0 Å². The molecule has 0 spiro atoms. The molecule has 1 N–H and O–H groups in total. The van der Waals surface area contributed by atoms with Crippen molar-refractivity contribution in [1.82, 2.24) is 0 Å². The zero-order chi connectivity index (χ0) is 10.6. The van der Waals surface area contributed by atoms with Crippen LogP contribution in [0.25, 0.3) is 0 Å². The fraction of sp³-hybridized carbons (Fsp3) is 0.300. The first-order chi connectivity index (χ1) is 6.63. The molecule has 1 aromatic rings. The molecule has 1 aromatic carbocycles. The summed E-state index contributed by atoms with van der Waals surface area (Å²) in [7, 11) is 0. The van der Waals surface area contributed by atoms with Gasteiger partial charge < -0.3 is 5.32 Å². The molecule has 2 nitrogen and oxygen atoms in total. The predicted molar refractivity (Wildman–Crippen MR) is 49.6 cm³/mol. The van der Waals surface area contributed by atoms with E-state index in [9.17, 15) is 8.78 Å². The Labute approximate surface area is 81.2 Å². The van der Waals surface area contributed by atoms with Gasteiger partial charge in [0.2, 0.25) is 0 Å². The van der Waals surface area contributed by atoms with Crippen LogP contribution in [0.1, 0.15) is 6.92 Å². The summed E-state index contributed by atoms with van der Waals surface area (Å²) in [5, 5.41) is 11.2. The number of nitrogens with one attached hydrogen (secondary N) is 1. The normalized spacial score (nSPS) is 11.9. The monoisotopic (exact) mass is 196 g/mol. The average molecular weight is 196 g/mol. The van der Waals surface area contributed by atoms with Crippen molar-refractivity contribution in [2.45, 2.75) is 6.92 Å². The molecule has 0 bridgehead atoms. The first-order valence-electron chi connectivity index (χ1n) is 4.22. The lowest BCUT2D eigenvalue weighted by Gasteiger charge is -2.07. The second-order valence-corrected chi connectivity index (χ2v) is 3.04. The standard InChI is InChI=1S/C10H10F2N2/c1-7(5-13)6-14-10-3-2-8(11)4-9(10)12/h2-4,7,14H,6H2,1H3. The minimum absolute atomic E-state index is 0.209. The third-order valence-corrected chi connectivity index (χ3v) is 1.75. The van der Waals surface area contributed by atoms with Crippen LogP contribution in [0.2, 0.25) is 0 Å². The minimum atomic E-state index is -0.643. The fourth-order valence-electron chi connectivity index (χ4n) is 0.942. The number of hydrogen-bond acceptors (Lipinski definition) is 2. The first-order valence-corrected chi connectivity index (χ1v) is 4.22. The summed E-state index contributed by atoms with van der Waals surface area (Å²) in [5.41, 5.74) is 0.216. The largest absolute Gasteiger partial charge is 0.381 e. The molecule has 0 amide bonds. The van der Waals surface area contributed by atoms with Crippen molar-refractivity contribution < 1.29 is 8.78 Å². The van der Waals surface area contributed by atoms with Crippen LogP contribution in [0.4, 0.5) is 14.5 Å². The van der Waals surface area contributed by atoms with Crippen LogP contribution < -0.4 is 5.32 Å². The Balaban J connectivity index is 2.64. The van der Waals surface area contributed by atoms with Gasteiger partial charge in [-0.3, -0.25) is 0 Å². The van der Waals surface area contributed by atoms with Crippen LogP contribution in [0.15, 0.2) is 18.2 Å². The summed E-state index contributed by atoms with van der Waals surface area (Å²) < 4.78 is 25.5. The second kappa shape index (κ2) is 4.56. The predicted octanol–water partition coefficient (Wildman–Crippen LogP) is 2.54. The van der Waals surface area contributed by atoms with Crippen LogP contribution in [-0.4, -0.2) is 6.54 Å². The highest BCUT2D eigenvalue weighted by Gasteiger charge is 2.04. The number of hydrogen-bond donors (Lipinski definition) is 1. The van der Waals surface area contributed by atoms with E-state index in [1.54, 1.807) is 6.92 Å². The van der Waals surface area contributed by atoms with E-state index in [-0.39, 0.29) is 11.6 Å². The molecule has 0 heterocycles. The number of nitrogens with zero attached hydrogens (tertiary/aromatic N) is 1. The second-order valence-electron chi connectivity index (χ2n) is 3.04. The van der Waals surface area contributed by atoms with Gasteiger partial charge in [0, 0.05) is 12.6 Å². The molecule has 74 valence electrons. The fourth-order valence-corrected chi connectivity index (χ4v) is 0.942. The van der Waals surface area contributed by atoms with Gasteiger partial charge >= 0.3 is 0 Å². The maximum absolute atomic E-state index is 13.0. The molecule has 0 saturated carbocycles. The quantitative estimate of drug-likeness (QED) is 0.806. The van der Waals surface area contributed by atoms with Crippen molar-refractivity contribution in [3.8, 4) is 6.07 Å². The zero-order valence-electron chi connectivity index (χ0n) is 7.72. The molecule has 0 aliphatic heterocycles. The van der Waals surface area contributed by atoms with Gasteiger partial charge in [-0.1, -0.05) is 0 Å². The van der Waals surface area contributed by atoms with Crippen molar-refractivity contribution in [3.05, 3.63) is 29.8 Å². The van der Waals surface area contributed by atoms with Gasteiger partial charge in [0.1, 0.15) is 11.6 Å². The van der Waals surface area contributed by atoms with E-state index in [1.165, 1.54) is 12.1 Å². The van der Waals surface area contributed by atoms with Crippen LogP contribution in [-0.2, 0) is 0 Å². The number of rotatable bonds is 3. The van der Waals surface area contributed by atoms with E-state index in [4.69, 9.17) is 5.26 Å². The van der Waals surface area contributed by atoms with Crippen molar-refractivity contribution >= 4 is 5.69 Å². The summed E-state index contributed by atoms with van der Waals surface area (Å²) in [6.07, 6.45) is 0. The number of halogens is 2. The lowest BCUT2D eigenvalue weighted by molar-refractivity contribution is 0.584. The zero-order valence-corrected chi connectivity index (χ0v) is 7.72. The lowest BCUT2D eigenvalue weighted by atomic mass is 10.2. The van der Waals surface area contributed by atoms with E-state index in [2.05, 4.69) is 5.32 Å². The van der Waals surface area contributed by atoms with E-state index in [0.717, 1.165) is 6.07 Å². The van der Waals surface area contributed by atoms with Crippen molar-refractivity contribution in [1.29, 1.82) is 5.26 Å². The number of nitriles is 1. The summed E-state index contributed by atoms with van der Waals surface area (Å²) in [5.74, 6) is -1.46. The number of anilines is 1. The molecule has 0 radical (unpaired) electrons. The molecule has 0 fully saturated rings. The Morgan fingerprint density at radius 1 is 1.50 bits per heavy atom.